The first-order valence-electron chi connectivity index (χ1n) is 0.894. The molecule has 2 radical (unpaired) electrons. The molecule has 0 aromatic rings. The zero-order valence-electron chi connectivity index (χ0n) is 4.29. The van der Waals surface area contributed by atoms with Gasteiger partial charge < -0.3 is 19.2 Å². The van der Waals surface area contributed by atoms with Gasteiger partial charge in [0.15, 0.2) is 0 Å². The van der Waals surface area contributed by atoms with E-state index in [9.17, 15) is 0 Å². The minimum atomic E-state index is -4.61. The Hall–Kier alpha value is 2.69. The molecule has 0 aliphatic carbocycles. The summed E-state index contributed by atoms with van der Waals surface area (Å²) in [5.74, 6) is 0. The van der Waals surface area contributed by atoms with Gasteiger partial charge in [0.2, 0.25) is 0 Å². The summed E-state index contributed by atoms with van der Waals surface area (Å²) in [5, 5.41) is 0. The molecule has 0 aromatic heterocycles. The molecule has 0 unspecified atom stereocenters. The summed E-state index contributed by atoms with van der Waals surface area (Å²) >= 11 is 0. The van der Waals surface area contributed by atoms with E-state index in [-0.39, 0.29) is 80.9 Å². The Bertz CT molecular complexity index is 27.2. The Morgan fingerprint density at radius 2 is 0.857 bits per heavy atom. The van der Waals surface area contributed by atoms with Crippen molar-refractivity contribution in [2.75, 3.05) is 0 Å². The minimum Gasteiger partial charge on any atom is -0.368 e. The SMILES string of the molecule is O[Si](O)(O)O.[K].[Na]. The topological polar surface area (TPSA) is 80.9 Å². The maximum atomic E-state index is 7.33. The fourth-order valence-electron chi connectivity index (χ4n) is 0. The molecule has 0 rings (SSSR count). The molecule has 4 N–H and O–H groups in total. The van der Waals surface area contributed by atoms with E-state index in [0.29, 0.717) is 0 Å². The third-order valence-corrected chi connectivity index (χ3v) is 0. The molecule has 0 spiro atoms. The normalized spacial score (nSPS) is 8.57. The third-order valence-electron chi connectivity index (χ3n) is 0. The van der Waals surface area contributed by atoms with Crippen LogP contribution in [0.5, 0.6) is 0 Å². The van der Waals surface area contributed by atoms with E-state index in [0.717, 1.165) is 0 Å². The van der Waals surface area contributed by atoms with Gasteiger partial charge in [0.25, 0.3) is 0 Å². The van der Waals surface area contributed by atoms with E-state index in [1.54, 1.807) is 0 Å². The van der Waals surface area contributed by atoms with Gasteiger partial charge in [-0.25, -0.2) is 0 Å². The van der Waals surface area contributed by atoms with E-state index in [1.807, 2.05) is 0 Å². The molecule has 34 valence electrons. The molecule has 7 heteroatoms. The van der Waals surface area contributed by atoms with Crippen LogP contribution in [0, 0.1) is 0 Å². The van der Waals surface area contributed by atoms with Gasteiger partial charge >= 0.3 is 9.05 Å². The number of hydrogen-bond acceptors (Lipinski definition) is 4. The fraction of sp³-hybridized carbons (Fsp3) is 0. The van der Waals surface area contributed by atoms with Gasteiger partial charge in [-0.15, -0.1) is 0 Å². The van der Waals surface area contributed by atoms with Crippen LogP contribution in [0.2, 0.25) is 0 Å². The van der Waals surface area contributed by atoms with Crippen molar-refractivity contribution in [2.45, 2.75) is 0 Å². The van der Waals surface area contributed by atoms with Gasteiger partial charge in [0.05, 0.1) is 0 Å². The van der Waals surface area contributed by atoms with Crippen molar-refractivity contribution in [2.24, 2.45) is 0 Å². The first kappa shape index (κ1) is 16.4. The predicted molar refractivity (Wildman–Crippen MR) is 26.1 cm³/mol. The van der Waals surface area contributed by atoms with Crippen LogP contribution in [0.1, 0.15) is 0 Å². The molecule has 0 bridgehead atoms. The summed E-state index contributed by atoms with van der Waals surface area (Å²) < 4.78 is 0. The van der Waals surface area contributed by atoms with Crippen molar-refractivity contribution < 1.29 is 19.2 Å². The molecule has 7 heavy (non-hydrogen) atoms. The predicted octanol–water partition coefficient (Wildman–Crippen LogP) is -3.37. The van der Waals surface area contributed by atoms with Crippen LogP contribution in [0.25, 0.3) is 0 Å². The van der Waals surface area contributed by atoms with Crippen molar-refractivity contribution >= 4 is 90.0 Å². The maximum absolute atomic E-state index is 7.33. The summed E-state index contributed by atoms with van der Waals surface area (Å²) in [6.45, 7) is 0. The second-order valence-corrected chi connectivity index (χ2v) is 1.80. The van der Waals surface area contributed by atoms with E-state index in [4.69, 9.17) is 19.2 Å². The van der Waals surface area contributed by atoms with Crippen LogP contribution >= 0.6 is 0 Å². The van der Waals surface area contributed by atoms with Gasteiger partial charge in [-0.05, 0) is 0 Å². The van der Waals surface area contributed by atoms with Crippen LogP contribution in [-0.4, -0.2) is 109 Å². The molecule has 4 nitrogen and oxygen atoms in total. The summed E-state index contributed by atoms with van der Waals surface area (Å²) in [4.78, 5) is 29.3. The third kappa shape index (κ3) is 53.7. The maximum Gasteiger partial charge on any atom is 0.668 e. The average molecular weight is 158 g/mol. The van der Waals surface area contributed by atoms with Crippen LogP contribution in [0.15, 0.2) is 0 Å². The molecule has 0 heterocycles. The number of rotatable bonds is 0. The van der Waals surface area contributed by atoms with E-state index in [1.165, 1.54) is 0 Å². The molecular weight excluding hydrogens is 154 g/mol. The molecule has 0 saturated heterocycles. The largest absolute Gasteiger partial charge is 0.668 e. The van der Waals surface area contributed by atoms with Crippen molar-refractivity contribution in [1.82, 2.24) is 0 Å². The van der Waals surface area contributed by atoms with Crippen molar-refractivity contribution in [3.8, 4) is 0 Å². The van der Waals surface area contributed by atoms with Crippen molar-refractivity contribution in [3.63, 3.8) is 0 Å². The van der Waals surface area contributed by atoms with E-state index >= 15 is 0 Å². The number of hydrogen-bond donors (Lipinski definition) is 4. The Balaban J connectivity index is -0.0000000800. The Morgan fingerprint density at radius 1 is 0.857 bits per heavy atom. The molecule has 0 aliphatic rings. The van der Waals surface area contributed by atoms with Crippen LogP contribution in [-0.2, 0) is 0 Å². The van der Waals surface area contributed by atoms with E-state index < -0.39 is 9.05 Å². The van der Waals surface area contributed by atoms with Crippen LogP contribution < -0.4 is 0 Å². The Morgan fingerprint density at radius 3 is 0.857 bits per heavy atom. The standard InChI is InChI=1S/K.Na.H4O4Si/c;;1-5(2,3)4/h;;1-4H. The Labute approximate surface area is 107 Å². The summed E-state index contributed by atoms with van der Waals surface area (Å²) in [7, 11) is -4.61. The van der Waals surface area contributed by atoms with Crippen molar-refractivity contribution in [3.05, 3.63) is 0 Å². The second-order valence-electron chi connectivity index (χ2n) is 0.600. The quantitative estimate of drug-likeness (QED) is 0.277. The monoisotopic (exact) mass is 158 g/mol. The van der Waals surface area contributed by atoms with Gasteiger partial charge in [-0.1, -0.05) is 0 Å². The van der Waals surface area contributed by atoms with Crippen LogP contribution in [0.3, 0.4) is 0 Å². The molecule has 0 aliphatic heterocycles. The summed E-state index contributed by atoms with van der Waals surface area (Å²) in [5.41, 5.74) is 0. The minimum absolute atomic E-state index is 0. The molecule has 0 aromatic carbocycles. The van der Waals surface area contributed by atoms with Gasteiger partial charge in [-0.2, -0.15) is 0 Å². The van der Waals surface area contributed by atoms with Gasteiger partial charge in [-0.3, -0.25) is 0 Å². The molecule has 0 fully saturated rings. The molecule has 0 saturated carbocycles. The van der Waals surface area contributed by atoms with Crippen molar-refractivity contribution in [1.29, 1.82) is 0 Å². The summed E-state index contributed by atoms with van der Waals surface area (Å²) in [6, 6.07) is 0. The Kier molecular flexibility index (Phi) is 15.9. The van der Waals surface area contributed by atoms with Gasteiger partial charge in [0.1, 0.15) is 0 Å². The van der Waals surface area contributed by atoms with Gasteiger partial charge in [0, 0.05) is 80.9 Å². The second kappa shape index (κ2) is 6.81. The summed E-state index contributed by atoms with van der Waals surface area (Å²) in [6.07, 6.45) is 0. The zero-order valence-corrected chi connectivity index (χ0v) is 10.4. The van der Waals surface area contributed by atoms with Crippen LogP contribution in [0.4, 0.5) is 0 Å². The average Bonchev–Trinajstić information content (AvgIpc) is 0.722. The molecule has 0 atom stereocenters. The fourth-order valence-corrected chi connectivity index (χ4v) is 0. The first-order valence-corrected chi connectivity index (χ1v) is 2.68. The molecular formula is H4KNaO4Si. The zero-order chi connectivity index (χ0) is 4.50. The molecule has 0 amide bonds. The van der Waals surface area contributed by atoms with E-state index in [2.05, 4.69) is 0 Å². The smallest absolute Gasteiger partial charge is 0.368 e. The first-order chi connectivity index (χ1) is 2.00.